The SMILES string of the molecule is CCCCCCCCCC1CSCCN1C(P(=O)(O)O)P(=O)(O)O. The second kappa shape index (κ2) is 10.7. The third-order valence-corrected chi connectivity index (χ3v) is 9.01. The standard InChI is InChI=1S/C14H31NO6P2S/c1-2-3-4-5-6-7-8-9-13-12-24-11-10-15(13)14(22(16,17)18)23(19,20)21/h13-14H,2-12H2,1H3,(H2,16,17,18)(H2,19,20,21). The number of rotatable bonds is 11. The molecule has 0 radical (unpaired) electrons. The number of thioether (sulfide) groups is 1. The first-order chi connectivity index (χ1) is 11.2. The smallest absolute Gasteiger partial charge is 0.323 e. The van der Waals surface area contributed by atoms with Crippen molar-refractivity contribution in [2.45, 2.75) is 69.9 Å². The van der Waals surface area contributed by atoms with Gasteiger partial charge in [0.25, 0.3) is 0 Å². The Morgan fingerprint density at radius 1 is 1.00 bits per heavy atom. The summed E-state index contributed by atoms with van der Waals surface area (Å²) in [6.45, 7) is 2.47. The maximum absolute atomic E-state index is 11.7. The van der Waals surface area contributed by atoms with Crippen molar-refractivity contribution in [3.8, 4) is 0 Å². The molecule has 10 heteroatoms. The summed E-state index contributed by atoms with van der Waals surface area (Å²) in [6, 6.07) is -0.190. The van der Waals surface area contributed by atoms with Crippen LogP contribution < -0.4 is 0 Å². The molecule has 1 fully saturated rings. The van der Waals surface area contributed by atoms with Gasteiger partial charge in [0.05, 0.1) is 0 Å². The third-order valence-electron chi connectivity index (χ3n) is 4.31. The van der Waals surface area contributed by atoms with E-state index in [-0.39, 0.29) is 6.04 Å². The van der Waals surface area contributed by atoms with Crippen molar-refractivity contribution >= 4 is 27.0 Å². The highest BCUT2D eigenvalue weighted by molar-refractivity contribution is 7.99. The first-order valence-corrected chi connectivity index (χ1v) is 13.1. The lowest BCUT2D eigenvalue weighted by molar-refractivity contribution is 0.178. The molecule has 0 aromatic carbocycles. The van der Waals surface area contributed by atoms with Crippen molar-refractivity contribution in [3.05, 3.63) is 0 Å². The molecule has 1 atom stereocenters. The molecule has 0 aromatic heterocycles. The van der Waals surface area contributed by atoms with E-state index in [0.717, 1.165) is 25.7 Å². The van der Waals surface area contributed by atoms with Crippen LogP contribution in [-0.2, 0) is 9.13 Å². The molecule has 1 rings (SSSR count). The molecule has 0 amide bonds. The second-order valence-electron chi connectivity index (χ2n) is 6.40. The highest BCUT2D eigenvalue weighted by Gasteiger charge is 2.50. The Balaban J connectivity index is 2.58. The molecule has 24 heavy (non-hydrogen) atoms. The van der Waals surface area contributed by atoms with Crippen LogP contribution in [0.3, 0.4) is 0 Å². The van der Waals surface area contributed by atoms with E-state index in [1.807, 2.05) is 0 Å². The van der Waals surface area contributed by atoms with Gasteiger partial charge >= 0.3 is 15.2 Å². The lowest BCUT2D eigenvalue weighted by Gasteiger charge is -2.40. The van der Waals surface area contributed by atoms with Crippen molar-refractivity contribution in [1.82, 2.24) is 4.90 Å². The molecule has 1 aliphatic heterocycles. The second-order valence-corrected chi connectivity index (χ2v) is 11.3. The topological polar surface area (TPSA) is 118 Å². The predicted octanol–water partition coefficient (Wildman–Crippen LogP) is 3.18. The molecule has 1 aliphatic rings. The van der Waals surface area contributed by atoms with Gasteiger partial charge in [-0.05, 0) is 6.42 Å². The van der Waals surface area contributed by atoms with Gasteiger partial charge in [-0.1, -0.05) is 51.9 Å². The summed E-state index contributed by atoms with van der Waals surface area (Å²) in [5, 5.41) is 0. The van der Waals surface area contributed by atoms with Crippen molar-refractivity contribution < 1.29 is 28.7 Å². The summed E-state index contributed by atoms with van der Waals surface area (Å²) in [5.74, 6) is 1.29. The van der Waals surface area contributed by atoms with Crippen LogP contribution >= 0.6 is 27.0 Å². The highest BCUT2D eigenvalue weighted by atomic mass is 32.2. The molecule has 4 N–H and O–H groups in total. The largest absolute Gasteiger partial charge is 0.354 e. The fraction of sp³-hybridized carbons (Fsp3) is 1.00. The van der Waals surface area contributed by atoms with Gasteiger partial charge < -0.3 is 19.6 Å². The monoisotopic (exact) mass is 403 g/mol. The van der Waals surface area contributed by atoms with E-state index in [0.29, 0.717) is 18.1 Å². The van der Waals surface area contributed by atoms with Crippen LogP contribution in [0.5, 0.6) is 0 Å². The third kappa shape index (κ3) is 7.88. The summed E-state index contributed by atoms with van der Waals surface area (Å²) in [4.78, 5) is 39.2. The van der Waals surface area contributed by atoms with Crippen LogP contribution in [0.15, 0.2) is 0 Å². The van der Waals surface area contributed by atoms with Crippen molar-refractivity contribution in [2.75, 3.05) is 18.1 Å². The molecule has 0 aromatic rings. The van der Waals surface area contributed by atoms with Crippen LogP contribution in [-0.4, -0.2) is 54.1 Å². The van der Waals surface area contributed by atoms with Crippen molar-refractivity contribution in [3.63, 3.8) is 0 Å². The highest BCUT2D eigenvalue weighted by Crippen LogP contribution is 2.62. The fourth-order valence-electron chi connectivity index (χ4n) is 3.14. The van der Waals surface area contributed by atoms with Gasteiger partial charge in [-0.15, -0.1) is 0 Å². The molecule has 7 nitrogen and oxygen atoms in total. The molecule has 1 unspecified atom stereocenters. The van der Waals surface area contributed by atoms with Gasteiger partial charge in [0, 0.05) is 24.1 Å². The van der Waals surface area contributed by atoms with E-state index < -0.39 is 20.7 Å². The predicted molar refractivity (Wildman–Crippen MR) is 98.3 cm³/mol. The minimum absolute atomic E-state index is 0.190. The molecule has 144 valence electrons. The molecule has 0 spiro atoms. The lowest BCUT2D eigenvalue weighted by atomic mass is 10.1. The first-order valence-electron chi connectivity index (χ1n) is 8.62. The maximum Gasteiger partial charge on any atom is 0.354 e. The zero-order valence-electron chi connectivity index (χ0n) is 14.3. The Morgan fingerprint density at radius 3 is 2.08 bits per heavy atom. The minimum Gasteiger partial charge on any atom is -0.323 e. The Kier molecular flexibility index (Phi) is 10.1. The van der Waals surface area contributed by atoms with E-state index in [1.165, 1.54) is 30.6 Å². The van der Waals surface area contributed by atoms with Gasteiger partial charge in [-0.25, -0.2) is 0 Å². The van der Waals surface area contributed by atoms with Gasteiger partial charge in [0.2, 0.25) is 5.52 Å². The van der Waals surface area contributed by atoms with E-state index in [9.17, 15) is 28.7 Å². The van der Waals surface area contributed by atoms with Crippen LogP contribution in [0.25, 0.3) is 0 Å². The van der Waals surface area contributed by atoms with E-state index in [1.54, 1.807) is 11.8 Å². The van der Waals surface area contributed by atoms with E-state index in [4.69, 9.17) is 0 Å². The molecule has 0 bridgehead atoms. The van der Waals surface area contributed by atoms with Crippen molar-refractivity contribution in [2.24, 2.45) is 0 Å². The van der Waals surface area contributed by atoms with Gasteiger partial charge in [-0.2, -0.15) is 11.8 Å². The number of hydrogen-bond donors (Lipinski definition) is 4. The molecule has 0 aliphatic carbocycles. The number of hydrogen-bond acceptors (Lipinski definition) is 4. The molecular weight excluding hydrogens is 372 g/mol. The van der Waals surface area contributed by atoms with Crippen LogP contribution in [0.4, 0.5) is 0 Å². The molecule has 0 saturated carbocycles. The van der Waals surface area contributed by atoms with Crippen LogP contribution in [0, 0.1) is 0 Å². The quantitative estimate of drug-likeness (QED) is 0.307. The summed E-state index contributed by atoms with van der Waals surface area (Å²) in [6.07, 6.45) is 8.72. The van der Waals surface area contributed by atoms with Gasteiger partial charge in [-0.3, -0.25) is 14.0 Å². The minimum atomic E-state index is -4.91. The summed E-state index contributed by atoms with van der Waals surface area (Å²) in [5.41, 5.74) is -2.00. The first kappa shape index (κ1) is 22.7. The summed E-state index contributed by atoms with van der Waals surface area (Å²) in [7, 11) is -9.81. The Hall–Kier alpha value is 0.610. The van der Waals surface area contributed by atoms with E-state index >= 15 is 0 Å². The molecule has 1 saturated heterocycles. The lowest BCUT2D eigenvalue weighted by Crippen LogP contribution is -2.48. The fourth-order valence-corrected chi connectivity index (χ4v) is 7.23. The van der Waals surface area contributed by atoms with E-state index in [2.05, 4.69) is 6.92 Å². The number of unbranched alkanes of at least 4 members (excludes halogenated alkanes) is 6. The normalized spacial score (nSPS) is 20.7. The molecule has 1 heterocycles. The zero-order chi connectivity index (χ0) is 18.2. The van der Waals surface area contributed by atoms with Crippen molar-refractivity contribution in [1.29, 1.82) is 0 Å². The Bertz CT molecular complexity index is 433. The van der Waals surface area contributed by atoms with Gasteiger partial charge in [0.1, 0.15) is 0 Å². The Morgan fingerprint density at radius 2 is 1.54 bits per heavy atom. The average molecular weight is 403 g/mol. The summed E-state index contributed by atoms with van der Waals surface area (Å²) < 4.78 is 23.3. The Labute approximate surface area is 148 Å². The molecular formula is C14H31NO6P2S. The average Bonchev–Trinajstić information content (AvgIpc) is 2.45. The van der Waals surface area contributed by atoms with Gasteiger partial charge in [0.15, 0.2) is 0 Å². The van der Waals surface area contributed by atoms with Crippen LogP contribution in [0.1, 0.15) is 58.3 Å². The summed E-state index contributed by atoms with van der Waals surface area (Å²) >= 11 is 1.67. The maximum atomic E-state index is 11.7. The van der Waals surface area contributed by atoms with Crippen LogP contribution in [0.2, 0.25) is 0 Å². The number of nitrogens with zero attached hydrogens (tertiary/aromatic N) is 1. The zero-order valence-corrected chi connectivity index (χ0v) is 16.9.